The fraction of sp³-hybridized carbons (Fsp3) is 0. The van der Waals surface area contributed by atoms with Crippen LogP contribution in [0.15, 0.2) is 59.5 Å². The lowest BCUT2D eigenvalue weighted by molar-refractivity contribution is 0.102. The number of hydrogen-bond donors (Lipinski definition) is 2. The van der Waals surface area contributed by atoms with E-state index in [2.05, 4.69) is 10.0 Å². The summed E-state index contributed by atoms with van der Waals surface area (Å²) in [5.41, 5.74) is -0.0676. The van der Waals surface area contributed by atoms with Gasteiger partial charge < -0.3 is 5.32 Å². The standard InChI is InChI=1S/C19H11Cl4FN2O3S/c20-10-1-4-13(14(22)7-10)19(27)25-18-6-3-12(9-16(18)24)30(28,29)26-17-5-2-11(21)8-15(17)23/h1-9,26H,(H,25,27). The summed E-state index contributed by atoms with van der Waals surface area (Å²) >= 11 is 23.5. The topological polar surface area (TPSA) is 75.3 Å². The van der Waals surface area contributed by atoms with Crippen molar-refractivity contribution in [2.24, 2.45) is 0 Å². The average Bonchev–Trinajstić information content (AvgIpc) is 2.65. The molecule has 0 atom stereocenters. The molecule has 11 heteroatoms. The van der Waals surface area contributed by atoms with E-state index in [1.807, 2.05) is 0 Å². The third-order valence-corrected chi connectivity index (χ3v) is 6.31. The second kappa shape index (κ2) is 8.99. The van der Waals surface area contributed by atoms with Crippen LogP contribution >= 0.6 is 46.4 Å². The maximum atomic E-state index is 14.5. The molecule has 0 aliphatic rings. The van der Waals surface area contributed by atoms with Crippen molar-refractivity contribution < 1.29 is 17.6 Å². The molecule has 0 heterocycles. The first kappa shape index (κ1) is 22.7. The minimum absolute atomic E-state index is 0.0790. The van der Waals surface area contributed by atoms with Crippen molar-refractivity contribution >= 4 is 73.7 Å². The van der Waals surface area contributed by atoms with Gasteiger partial charge in [0.1, 0.15) is 5.82 Å². The van der Waals surface area contributed by atoms with Gasteiger partial charge in [0.2, 0.25) is 0 Å². The van der Waals surface area contributed by atoms with Gasteiger partial charge in [-0.3, -0.25) is 9.52 Å². The quantitative estimate of drug-likeness (QED) is 0.414. The first-order valence-electron chi connectivity index (χ1n) is 8.10. The molecule has 156 valence electrons. The summed E-state index contributed by atoms with van der Waals surface area (Å²) in [4.78, 5) is 12.0. The second-order valence-electron chi connectivity index (χ2n) is 5.95. The van der Waals surface area contributed by atoms with Gasteiger partial charge in [-0.05, 0) is 54.6 Å². The van der Waals surface area contributed by atoms with E-state index in [-0.39, 0.29) is 31.9 Å². The molecule has 3 rings (SSSR count). The summed E-state index contributed by atoms with van der Waals surface area (Å²) in [6.07, 6.45) is 0. The van der Waals surface area contributed by atoms with Crippen LogP contribution in [0, 0.1) is 5.82 Å². The van der Waals surface area contributed by atoms with Crippen molar-refractivity contribution in [3.63, 3.8) is 0 Å². The highest BCUT2D eigenvalue weighted by molar-refractivity contribution is 7.92. The molecule has 3 aromatic carbocycles. The van der Waals surface area contributed by atoms with Gasteiger partial charge in [0, 0.05) is 10.0 Å². The highest BCUT2D eigenvalue weighted by Crippen LogP contribution is 2.29. The first-order valence-corrected chi connectivity index (χ1v) is 11.1. The fourth-order valence-electron chi connectivity index (χ4n) is 2.40. The van der Waals surface area contributed by atoms with Crippen LogP contribution in [0.25, 0.3) is 0 Å². The fourth-order valence-corrected chi connectivity index (χ4v) is 4.50. The Kier molecular flexibility index (Phi) is 6.79. The number of rotatable bonds is 5. The summed E-state index contributed by atoms with van der Waals surface area (Å²) in [6.45, 7) is 0. The maximum Gasteiger partial charge on any atom is 0.262 e. The molecule has 0 bridgehead atoms. The van der Waals surface area contributed by atoms with Crippen molar-refractivity contribution in [3.8, 4) is 0 Å². The van der Waals surface area contributed by atoms with E-state index in [1.165, 1.54) is 36.4 Å². The number of anilines is 2. The Balaban J connectivity index is 1.82. The van der Waals surface area contributed by atoms with Gasteiger partial charge in [0.05, 0.1) is 31.9 Å². The van der Waals surface area contributed by atoms with Crippen LogP contribution < -0.4 is 10.0 Å². The number of benzene rings is 3. The van der Waals surface area contributed by atoms with Gasteiger partial charge in [-0.2, -0.15) is 0 Å². The number of amides is 1. The predicted octanol–water partition coefficient (Wildman–Crippen LogP) is 6.49. The molecule has 0 saturated heterocycles. The Hall–Kier alpha value is -2.03. The third-order valence-electron chi connectivity index (χ3n) is 3.85. The van der Waals surface area contributed by atoms with E-state index in [0.717, 1.165) is 18.2 Å². The lowest BCUT2D eigenvalue weighted by atomic mass is 10.2. The molecule has 0 spiro atoms. The Morgan fingerprint density at radius 3 is 2.00 bits per heavy atom. The molecule has 0 unspecified atom stereocenters. The van der Waals surface area contributed by atoms with Crippen LogP contribution in [0.4, 0.5) is 15.8 Å². The van der Waals surface area contributed by atoms with E-state index < -0.39 is 21.7 Å². The predicted molar refractivity (Wildman–Crippen MR) is 118 cm³/mol. The van der Waals surface area contributed by atoms with Crippen molar-refractivity contribution in [2.45, 2.75) is 4.90 Å². The van der Waals surface area contributed by atoms with E-state index >= 15 is 0 Å². The minimum atomic E-state index is -4.15. The van der Waals surface area contributed by atoms with Crippen molar-refractivity contribution in [1.29, 1.82) is 0 Å². The normalized spacial score (nSPS) is 11.2. The molecule has 5 nitrogen and oxygen atoms in total. The molecule has 0 saturated carbocycles. The molecule has 0 radical (unpaired) electrons. The van der Waals surface area contributed by atoms with Crippen molar-refractivity contribution in [1.82, 2.24) is 0 Å². The van der Waals surface area contributed by atoms with Crippen LogP contribution in [0.3, 0.4) is 0 Å². The monoisotopic (exact) mass is 506 g/mol. The summed E-state index contributed by atoms with van der Waals surface area (Å²) in [5, 5.41) is 3.17. The van der Waals surface area contributed by atoms with Crippen LogP contribution in [-0.2, 0) is 10.0 Å². The van der Waals surface area contributed by atoms with E-state index in [9.17, 15) is 17.6 Å². The number of sulfonamides is 1. The lowest BCUT2D eigenvalue weighted by Crippen LogP contribution is -2.16. The molecular weight excluding hydrogens is 497 g/mol. The number of carbonyl (C=O) groups excluding carboxylic acids is 1. The number of hydrogen-bond acceptors (Lipinski definition) is 3. The Morgan fingerprint density at radius 2 is 1.40 bits per heavy atom. The Morgan fingerprint density at radius 1 is 0.800 bits per heavy atom. The molecule has 0 aromatic heterocycles. The molecule has 0 aliphatic heterocycles. The van der Waals surface area contributed by atoms with Crippen molar-refractivity contribution in [2.75, 3.05) is 10.0 Å². The van der Waals surface area contributed by atoms with Crippen molar-refractivity contribution in [3.05, 3.63) is 86.1 Å². The molecule has 1 amide bonds. The SMILES string of the molecule is O=C(Nc1ccc(S(=O)(=O)Nc2ccc(Cl)cc2Cl)cc1F)c1ccc(Cl)cc1Cl. The minimum Gasteiger partial charge on any atom is -0.319 e. The van der Waals surface area contributed by atoms with Gasteiger partial charge in [-0.15, -0.1) is 0 Å². The van der Waals surface area contributed by atoms with Crippen LogP contribution in [0.2, 0.25) is 20.1 Å². The Bertz CT molecular complexity index is 1250. The van der Waals surface area contributed by atoms with Crippen LogP contribution in [-0.4, -0.2) is 14.3 Å². The van der Waals surface area contributed by atoms with Gasteiger partial charge >= 0.3 is 0 Å². The van der Waals surface area contributed by atoms with E-state index in [4.69, 9.17) is 46.4 Å². The number of carbonyl (C=O) groups is 1. The molecule has 2 N–H and O–H groups in total. The molecule has 0 aliphatic carbocycles. The molecule has 30 heavy (non-hydrogen) atoms. The highest BCUT2D eigenvalue weighted by Gasteiger charge is 2.19. The van der Waals surface area contributed by atoms with Crippen LogP contribution in [0.1, 0.15) is 10.4 Å². The smallest absolute Gasteiger partial charge is 0.262 e. The zero-order chi connectivity index (χ0) is 22.1. The zero-order valence-electron chi connectivity index (χ0n) is 14.7. The maximum absolute atomic E-state index is 14.5. The number of halogens is 5. The largest absolute Gasteiger partial charge is 0.319 e. The van der Waals surface area contributed by atoms with Gasteiger partial charge in [0.15, 0.2) is 0 Å². The zero-order valence-corrected chi connectivity index (χ0v) is 18.6. The summed E-state index contributed by atoms with van der Waals surface area (Å²) in [6, 6.07) is 11.4. The van der Waals surface area contributed by atoms with E-state index in [0.29, 0.717) is 10.0 Å². The van der Waals surface area contributed by atoms with Crippen LogP contribution in [0.5, 0.6) is 0 Å². The summed E-state index contributed by atoms with van der Waals surface area (Å²) in [7, 11) is -4.15. The average molecular weight is 508 g/mol. The lowest BCUT2D eigenvalue weighted by Gasteiger charge is -2.12. The van der Waals surface area contributed by atoms with Gasteiger partial charge in [-0.1, -0.05) is 46.4 Å². The first-order chi connectivity index (χ1) is 14.1. The second-order valence-corrected chi connectivity index (χ2v) is 9.32. The third kappa shape index (κ3) is 5.17. The van der Waals surface area contributed by atoms with Gasteiger partial charge in [-0.25, -0.2) is 12.8 Å². The number of nitrogens with one attached hydrogen (secondary N) is 2. The Labute approximate surface area is 191 Å². The summed E-state index contributed by atoms with van der Waals surface area (Å²) in [5.74, 6) is -1.64. The molecular formula is C19H11Cl4FN2O3S. The highest BCUT2D eigenvalue weighted by atomic mass is 35.5. The molecule has 0 fully saturated rings. The van der Waals surface area contributed by atoms with Gasteiger partial charge in [0.25, 0.3) is 15.9 Å². The van der Waals surface area contributed by atoms with E-state index in [1.54, 1.807) is 0 Å². The molecule has 3 aromatic rings. The summed E-state index contributed by atoms with van der Waals surface area (Å²) < 4.78 is 41.8.